The predicted molar refractivity (Wildman–Crippen MR) is 151 cm³/mol. The fourth-order valence-corrected chi connectivity index (χ4v) is 4.69. The number of aliphatic hydroxyl groups excluding tert-OH is 1. The van der Waals surface area contributed by atoms with Crippen LogP contribution in [0.4, 0.5) is 0 Å². The fraction of sp³-hybridized carbons (Fsp3) is 0.968. The van der Waals surface area contributed by atoms with Crippen molar-refractivity contribution in [2.45, 2.75) is 169 Å². The molecule has 35 heavy (non-hydrogen) atoms. The number of carbonyl (C=O) groups excluding carboxylic acids is 1. The van der Waals surface area contributed by atoms with Gasteiger partial charge in [-0.05, 0) is 45.4 Å². The van der Waals surface area contributed by atoms with Crippen molar-refractivity contribution in [3.63, 3.8) is 0 Å². The molecule has 4 heteroatoms. The second-order valence-corrected chi connectivity index (χ2v) is 11.1. The number of aliphatic carboxylic acids is 1. The van der Waals surface area contributed by atoms with Crippen molar-refractivity contribution in [1.82, 2.24) is 0 Å². The maximum absolute atomic E-state index is 9.34. The van der Waals surface area contributed by atoms with Crippen molar-refractivity contribution in [1.29, 1.82) is 0 Å². The molecular weight excluding hydrogens is 434 g/mol. The van der Waals surface area contributed by atoms with Crippen LogP contribution < -0.4 is 5.11 Å². The van der Waals surface area contributed by atoms with E-state index < -0.39 is 12.1 Å². The molecule has 0 aliphatic rings. The summed E-state index contributed by atoms with van der Waals surface area (Å²) in [4.78, 5) is 9.34. The number of carboxylic acid groups (broad SMARTS) is 1. The number of carboxylic acids is 1. The van der Waals surface area contributed by atoms with Crippen molar-refractivity contribution in [2.75, 3.05) is 26.7 Å². The standard InChI is InChI=1S/C28H60N.C3H6O3/c1-5-8-11-14-17-20-23-26-29(4,27-24-21-18-15-12-9-6-2)28-25-22-19-16-13-10-7-3;1-2(4)3(5)6/h5-28H2,1-4H3;2,4H,1H3,(H,5,6)/q+1;/p-1. The summed E-state index contributed by atoms with van der Waals surface area (Å²) in [5.41, 5.74) is 0. The van der Waals surface area contributed by atoms with Crippen LogP contribution in [0.15, 0.2) is 0 Å². The number of nitrogens with zero attached hydrogens (tertiary/aromatic N) is 1. The van der Waals surface area contributed by atoms with Gasteiger partial charge in [-0.2, -0.15) is 0 Å². The van der Waals surface area contributed by atoms with Gasteiger partial charge in [-0.15, -0.1) is 0 Å². The van der Waals surface area contributed by atoms with Gasteiger partial charge >= 0.3 is 0 Å². The number of carbonyl (C=O) groups is 1. The van der Waals surface area contributed by atoms with Crippen molar-refractivity contribution in [2.24, 2.45) is 0 Å². The summed E-state index contributed by atoms with van der Waals surface area (Å²) in [6.45, 7) is 12.4. The first-order chi connectivity index (χ1) is 16.8. The summed E-state index contributed by atoms with van der Waals surface area (Å²) in [5.74, 6) is -1.44. The van der Waals surface area contributed by atoms with E-state index in [1.54, 1.807) is 0 Å². The quantitative estimate of drug-likeness (QED) is 0.103. The minimum atomic E-state index is -1.44. The second kappa shape index (κ2) is 28.0. The number of hydrogen-bond acceptors (Lipinski definition) is 3. The van der Waals surface area contributed by atoms with Gasteiger partial charge in [0.05, 0.1) is 38.8 Å². The van der Waals surface area contributed by atoms with Gasteiger partial charge in [0.15, 0.2) is 0 Å². The lowest BCUT2D eigenvalue weighted by Gasteiger charge is -2.35. The second-order valence-electron chi connectivity index (χ2n) is 11.1. The van der Waals surface area contributed by atoms with Crippen LogP contribution in [0.25, 0.3) is 0 Å². The molecule has 0 saturated heterocycles. The highest BCUT2D eigenvalue weighted by atomic mass is 16.4. The van der Waals surface area contributed by atoms with Gasteiger partial charge in [0.1, 0.15) is 0 Å². The Hall–Kier alpha value is -0.610. The summed E-state index contributed by atoms with van der Waals surface area (Å²) in [6.07, 6.45) is 29.0. The first-order valence-corrected chi connectivity index (χ1v) is 15.5. The minimum Gasteiger partial charge on any atom is -0.547 e. The third-order valence-corrected chi connectivity index (χ3v) is 7.25. The number of aliphatic hydroxyl groups is 1. The van der Waals surface area contributed by atoms with Crippen LogP contribution in [0.5, 0.6) is 0 Å². The first-order valence-electron chi connectivity index (χ1n) is 15.5. The SMILES string of the molecule is CC(O)C(=O)[O-].CCCCCCCCC[N+](C)(CCCCCCCCC)CCCCCCCCC. The molecular formula is C31H65NO3. The molecule has 0 aromatic rings. The largest absolute Gasteiger partial charge is 0.547 e. The molecule has 0 amide bonds. The van der Waals surface area contributed by atoms with Crippen LogP contribution in [-0.4, -0.2) is 48.3 Å². The van der Waals surface area contributed by atoms with Crippen molar-refractivity contribution in [3.05, 3.63) is 0 Å². The van der Waals surface area contributed by atoms with Crippen LogP contribution in [0.1, 0.15) is 163 Å². The van der Waals surface area contributed by atoms with Gasteiger partial charge in [-0.3, -0.25) is 0 Å². The molecule has 0 aliphatic heterocycles. The van der Waals surface area contributed by atoms with E-state index in [2.05, 4.69) is 27.8 Å². The molecule has 1 N–H and O–H groups in total. The van der Waals surface area contributed by atoms with Gasteiger partial charge < -0.3 is 19.5 Å². The molecule has 0 aromatic heterocycles. The molecule has 0 fully saturated rings. The summed E-state index contributed by atoms with van der Waals surface area (Å²) in [6, 6.07) is 0. The Balaban J connectivity index is 0. The maximum Gasteiger partial charge on any atom is 0.0905 e. The predicted octanol–water partition coefficient (Wildman–Crippen LogP) is 7.80. The Kier molecular flexibility index (Phi) is 29.2. The Morgan fingerprint density at radius 3 is 0.971 bits per heavy atom. The van der Waals surface area contributed by atoms with Crippen LogP contribution in [-0.2, 0) is 4.79 Å². The average Bonchev–Trinajstić information content (AvgIpc) is 2.83. The highest BCUT2D eigenvalue weighted by Gasteiger charge is 2.20. The van der Waals surface area contributed by atoms with Gasteiger partial charge in [0.25, 0.3) is 0 Å². The highest BCUT2D eigenvalue weighted by Crippen LogP contribution is 2.16. The molecule has 0 spiro atoms. The van der Waals surface area contributed by atoms with E-state index in [4.69, 9.17) is 5.11 Å². The first kappa shape index (κ1) is 36.5. The van der Waals surface area contributed by atoms with E-state index in [1.165, 1.54) is 159 Å². The number of unbranched alkanes of at least 4 members (excludes halogenated alkanes) is 18. The number of rotatable bonds is 25. The van der Waals surface area contributed by atoms with Gasteiger partial charge in [0.2, 0.25) is 0 Å². The average molecular weight is 500 g/mol. The molecule has 0 rings (SSSR count). The van der Waals surface area contributed by atoms with E-state index in [1.807, 2.05) is 0 Å². The lowest BCUT2D eigenvalue weighted by atomic mass is 10.1. The van der Waals surface area contributed by atoms with E-state index in [0.29, 0.717) is 0 Å². The molecule has 0 aliphatic carbocycles. The van der Waals surface area contributed by atoms with Gasteiger partial charge in [-0.25, -0.2) is 0 Å². The summed E-state index contributed by atoms with van der Waals surface area (Å²) >= 11 is 0. The molecule has 1 atom stereocenters. The van der Waals surface area contributed by atoms with Crippen LogP contribution in [0, 0.1) is 0 Å². The van der Waals surface area contributed by atoms with E-state index in [9.17, 15) is 9.90 Å². The molecule has 0 radical (unpaired) electrons. The Bertz CT molecular complexity index is 380. The Morgan fingerprint density at radius 1 is 0.571 bits per heavy atom. The minimum absolute atomic E-state index is 1.13. The molecule has 1 unspecified atom stereocenters. The lowest BCUT2D eigenvalue weighted by molar-refractivity contribution is -0.910. The van der Waals surface area contributed by atoms with E-state index >= 15 is 0 Å². The zero-order chi connectivity index (χ0) is 26.6. The van der Waals surface area contributed by atoms with Crippen molar-refractivity contribution in [3.8, 4) is 0 Å². The maximum atomic E-state index is 9.34. The monoisotopic (exact) mass is 499 g/mol. The molecule has 0 bridgehead atoms. The third-order valence-electron chi connectivity index (χ3n) is 7.25. The smallest absolute Gasteiger partial charge is 0.0905 e. The zero-order valence-corrected chi connectivity index (χ0v) is 24.8. The van der Waals surface area contributed by atoms with Crippen LogP contribution >= 0.6 is 0 Å². The molecule has 212 valence electrons. The van der Waals surface area contributed by atoms with Crippen LogP contribution in [0.2, 0.25) is 0 Å². The van der Waals surface area contributed by atoms with Crippen LogP contribution in [0.3, 0.4) is 0 Å². The Labute approximate surface area is 220 Å². The number of quaternary nitrogens is 1. The van der Waals surface area contributed by atoms with Crippen molar-refractivity contribution >= 4 is 5.97 Å². The normalized spacial score (nSPS) is 12.3. The summed E-state index contributed by atoms with van der Waals surface area (Å²) in [7, 11) is 2.57. The van der Waals surface area contributed by atoms with Gasteiger partial charge in [0, 0.05) is 0 Å². The molecule has 0 aromatic carbocycles. The van der Waals surface area contributed by atoms with E-state index in [0.717, 1.165) is 6.92 Å². The lowest BCUT2D eigenvalue weighted by Crippen LogP contribution is -2.46. The third kappa shape index (κ3) is 29.5. The molecule has 0 heterocycles. The Morgan fingerprint density at radius 2 is 0.771 bits per heavy atom. The zero-order valence-electron chi connectivity index (χ0n) is 24.8. The summed E-state index contributed by atoms with van der Waals surface area (Å²) < 4.78 is 1.36. The number of hydrogen-bond donors (Lipinski definition) is 1. The topological polar surface area (TPSA) is 60.4 Å². The highest BCUT2D eigenvalue weighted by molar-refractivity contribution is 5.68. The van der Waals surface area contributed by atoms with Crippen molar-refractivity contribution < 1.29 is 19.5 Å². The van der Waals surface area contributed by atoms with Gasteiger partial charge in [-0.1, -0.05) is 117 Å². The molecule has 0 saturated carbocycles. The van der Waals surface area contributed by atoms with E-state index in [-0.39, 0.29) is 0 Å². The summed E-state index contributed by atoms with van der Waals surface area (Å²) in [5, 5.41) is 17.3. The fourth-order valence-electron chi connectivity index (χ4n) is 4.69. The molecule has 4 nitrogen and oxygen atoms in total.